The standard InChI is InChI=1S/C8H5ClN2O3/c9-8-6(2-1-3-12)4-10-5-7(8)11(13)14/h4-5,12H,3H2. The zero-order valence-electron chi connectivity index (χ0n) is 6.90. The Bertz CT molecular complexity index is 422. The lowest BCUT2D eigenvalue weighted by Crippen LogP contribution is -1.92. The molecule has 1 aromatic heterocycles. The van der Waals surface area contributed by atoms with Gasteiger partial charge in [0.25, 0.3) is 0 Å². The van der Waals surface area contributed by atoms with Crippen LogP contribution in [0.4, 0.5) is 5.69 Å². The Balaban J connectivity index is 3.20. The number of aliphatic hydroxyl groups excluding tert-OH is 1. The van der Waals surface area contributed by atoms with Gasteiger partial charge in [-0.15, -0.1) is 0 Å². The molecule has 0 aliphatic carbocycles. The van der Waals surface area contributed by atoms with Crippen molar-refractivity contribution in [1.82, 2.24) is 4.98 Å². The number of aromatic nitrogens is 1. The summed E-state index contributed by atoms with van der Waals surface area (Å²) in [5.41, 5.74) is -0.0636. The largest absolute Gasteiger partial charge is 0.384 e. The summed E-state index contributed by atoms with van der Waals surface area (Å²) in [6.07, 6.45) is 2.35. The van der Waals surface area contributed by atoms with Crippen LogP contribution in [-0.2, 0) is 0 Å². The van der Waals surface area contributed by atoms with Crippen molar-refractivity contribution >= 4 is 17.3 Å². The lowest BCUT2D eigenvalue weighted by atomic mass is 10.2. The highest BCUT2D eigenvalue weighted by Crippen LogP contribution is 2.25. The molecule has 0 amide bonds. The molecule has 1 heterocycles. The van der Waals surface area contributed by atoms with Crippen LogP contribution in [0.5, 0.6) is 0 Å². The maximum atomic E-state index is 10.4. The van der Waals surface area contributed by atoms with Crippen molar-refractivity contribution in [3.63, 3.8) is 0 Å². The number of pyridine rings is 1. The molecule has 1 aromatic rings. The number of aliphatic hydroxyl groups is 1. The molecule has 72 valence electrons. The van der Waals surface area contributed by atoms with Crippen LogP contribution in [0.3, 0.4) is 0 Å². The fraction of sp³-hybridized carbons (Fsp3) is 0.125. The summed E-state index contributed by atoms with van der Waals surface area (Å²) in [7, 11) is 0. The summed E-state index contributed by atoms with van der Waals surface area (Å²) < 4.78 is 0. The lowest BCUT2D eigenvalue weighted by Gasteiger charge is -1.95. The number of nitrogens with zero attached hydrogens (tertiary/aromatic N) is 2. The molecule has 0 fully saturated rings. The summed E-state index contributed by atoms with van der Waals surface area (Å²) in [4.78, 5) is 13.4. The van der Waals surface area contributed by atoms with Crippen molar-refractivity contribution < 1.29 is 10.0 Å². The molecule has 0 saturated carbocycles. The molecular formula is C8H5ClN2O3. The van der Waals surface area contributed by atoms with E-state index in [-0.39, 0.29) is 22.9 Å². The van der Waals surface area contributed by atoms with E-state index >= 15 is 0 Å². The molecule has 0 saturated heterocycles. The van der Waals surface area contributed by atoms with E-state index in [1.807, 2.05) is 0 Å². The summed E-state index contributed by atoms with van der Waals surface area (Å²) in [6.45, 7) is -0.334. The Morgan fingerprint density at radius 1 is 1.64 bits per heavy atom. The molecule has 0 aromatic carbocycles. The normalized spacial score (nSPS) is 9.00. The van der Waals surface area contributed by atoms with Crippen molar-refractivity contribution in [2.24, 2.45) is 0 Å². The third-order valence-corrected chi connectivity index (χ3v) is 1.76. The first-order valence-corrected chi connectivity index (χ1v) is 3.92. The third-order valence-electron chi connectivity index (χ3n) is 1.36. The van der Waals surface area contributed by atoms with Gasteiger partial charge >= 0.3 is 5.69 Å². The van der Waals surface area contributed by atoms with E-state index in [1.54, 1.807) is 0 Å². The fourth-order valence-corrected chi connectivity index (χ4v) is 0.997. The zero-order chi connectivity index (χ0) is 10.6. The quantitative estimate of drug-likeness (QED) is 0.428. The van der Waals surface area contributed by atoms with Gasteiger partial charge in [0.15, 0.2) is 0 Å². The smallest absolute Gasteiger partial charge is 0.307 e. The van der Waals surface area contributed by atoms with Gasteiger partial charge in [-0.3, -0.25) is 15.1 Å². The maximum absolute atomic E-state index is 10.4. The predicted octanol–water partition coefficient (Wildman–Crippen LogP) is 0.987. The first-order chi connectivity index (χ1) is 6.66. The number of rotatable bonds is 1. The first kappa shape index (κ1) is 10.4. The second-order valence-corrected chi connectivity index (χ2v) is 2.62. The van der Waals surface area contributed by atoms with Gasteiger partial charge in [-0.05, 0) is 0 Å². The van der Waals surface area contributed by atoms with E-state index in [9.17, 15) is 10.1 Å². The fourth-order valence-electron chi connectivity index (χ4n) is 0.783. The van der Waals surface area contributed by atoms with Crippen LogP contribution < -0.4 is 0 Å². The zero-order valence-corrected chi connectivity index (χ0v) is 7.65. The minimum atomic E-state index is -0.639. The van der Waals surface area contributed by atoms with Gasteiger partial charge in [0.05, 0.1) is 10.5 Å². The Morgan fingerprint density at radius 3 is 2.93 bits per heavy atom. The summed E-state index contributed by atoms with van der Waals surface area (Å²) in [5, 5.41) is 18.8. The predicted molar refractivity (Wildman–Crippen MR) is 49.9 cm³/mol. The van der Waals surface area contributed by atoms with Gasteiger partial charge in [-0.1, -0.05) is 23.4 Å². The van der Waals surface area contributed by atoms with E-state index in [1.165, 1.54) is 6.20 Å². The minimum Gasteiger partial charge on any atom is -0.384 e. The highest BCUT2D eigenvalue weighted by Gasteiger charge is 2.14. The summed E-state index contributed by atoms with van der Waals surface area (Å²) in [5.74, 6) is 4.79. The molecule has 5 nitrogen and oxygen atoms in total. The number of nitro groups is 1. The van der Waals surface area contributed by atoms with Crippen molar-refractivity contribution in [1.29, 1.82) is 0 Å². The van der Waals surface area contributed by atoms with Crippen molar-refractivity contribution in [2.75, 3.05) is 6.61 Å². The molecule has 0 bridgehead atoms. The Morgan fingerprint density at radius 2 is 2.36 bits per heavy atom. The van der Waals surface area contributed by atoms with Crippen LogP contribution in [0.1, 0.15) is 5.56 Å². The molecule has 0 aliphatic heterocycles. The molecule has 0 spiro atoms. The van der Waals surface area contributed by atoms with E-state index in [0.29, 0.717) is 0 Å². The van der Waals surface area contributed by atoms with Crippen LogP contribution in [-0.4, -0.2) is 21.6 Å². The van der Waals surface area contributed by atoms with Gasteiger partial charge in [0, 0.05) is 6.20 Å². The molecule has 1 rings (SSSR count). The molecule has 14 heavy (non-hydrogen) atoms. The topological polar surface area (TPSA) is 76.3 Å². The second-order valence-electron chi connectivity index (χ2n) is 2.24. The van der Waals surface area contributed by atoms with Crippen LogP contribution >= 0.6 is 11.6 Å². The van der Waals surface area contributed by atoms with Crippen LogP contribution in [0.2, 0.25) is 5.02 Å². The van der Waals surface area contributed by atoms with Crippen molar-refractivity contribution in [3.05, 3.63) is 33.1 Å². The Kier molecular flexibility index (Phi) is 3.40. The maximum Gasteiger partial charge on any atom is 0.307 e. The summed E-state index contributed by atoms with van der Waals surface area (Å²) in [6, 6.07) is 0. The molecular weight excluding hydrogens is 208 g/mol. The van der Waals surface area contributed by atoms with Gasteiger partial charge in [-0.25, -0.2) is 0 Å². The van der Waals surface area contributed by atoms with Gasteiger partial charge in [-0.2, -0.15) is 0 Å². The van der Waals surface area contributed by atoms with Crippen molar-refractivity contribution in [2.45, 2.75) is 0 Å². The number of halogens is 1. The van der Waals surface area contributed by atoms with Gasteiger partial charge in [0.1, 0.15) is 17.8 Å². The van der Waals surface area contributed by atoms with E-state index in [0.717, 1.165) is 6.20 Å². The molecule has 0 atom stereocenters. The molecule has 0 radical (unpaired) electrons. The van der Waals surface area contributed by atoms with Crippen LogP contribution in [0.25, 0.3) is 0 Å². The SMILES string of the molecule is O=[N+]([O-])c1cncc(C#CCO)c1Cl. The van der Waals surface area contributed by atoms with E-state index in [4.69, 9.17) is 16.7 Å². The summed E-state index contributed by atoms with van der Waals surface area (Å²) >= 11 is 5.67. The van der Waals surface area contributed by atoms with Gasteiger partial charge < -0.3 is 5.11 Å². The number of hydrogen-bond donors (Lipinski definition) is 1. The third kappa shape index (κ3) is 2.19. The van der Waals surface area contributed by atoms with Gasteiger partial charge in [0.2, 0.25) is 0 Å². The average molecular weight is 213 g/mol. The Hall–Kier alpha value is -1.64. The Labute approximate surface area is 84.5 Å². The van der Waals surface area contributed by atoms with Crippen molar-refractivity contribution in [3.8, 4) is 11.8 Å². The van der Waals surface area contributed by atoms with Crippen LogP contribution in [0, 0.1) is 22.0 Å². The molecule has 0 unspecified atom stereocenters. The van der Waals surface area contributed by atoms with E-state index in [2.05, 4.69) is 16.8 Å². The first-order valence-electron chi connectivity index (χ1n) is 3.54. The number of hydrogen-bond acceptors (Lipinski definition) is 4. The highest BCUT2D eigenvalue weighted by molar-refractivity contribution is 6.33. The molecule has 0 aliphatic rings. The molecule has 1 N–H and O–H groups in total. The highest BCUT2D eigenvalue weighted by atomic mass is 35.5. The lowest BCUT2D eigenvalue weighted by molar-refractivity contribution is -0.385. The second kappa shape index (κ2) is 4.56. The van der Waals surface area contributed by atoms with Crippen LogP contribution in [0.15, 0.2) is 12.4 Å². The molecule has 6 heteroatoms. The average Bonchev–Trinajstić information content (AvgIpc) is 2.16. The van der Waals surface area contributed by atoms with E-state index < -0.39 is 4.92 Å². The monoisotopic (exact) mass is 212 g/mol. The minimum absolute atomic E-state index is 0.0639.